The van der Waals surface area contributed by atoms with Gasteiger partial charge in [-0.25, -0.2) is 10.8 Å². The van der Waals surface area contributed by atoms with E-state index in [4.69, 9.17) is 5.84 Å². The molecule has 0 aromatic carbocycles. The first kappa shape index (κ1) is 12.6. The van der Waals surface area contributed by atoms with Gasteiger partial charge in [-0.2, -0.15) is 0 Å². The summed E-state index contributed by atoms with van der Waals surface area (Å²) in [6, 6.07) is 3.07. The van der Waals surface area contributed by atoms with Crippen LogP contribution in [0.25, 0.3) is 0 Å². The SMILES string of the molecule is CC1CCCC1Nc1cc([N+](=O)[O-])cc(NN)n1. The lowest BCUT2D eigenvalue weighted by Crippen LogP contribution is -2.23. The third kappa shape index (κ3) is 2.67. The van der Waals surface area contributed by atoms with Gasteiger partial charge in [0.25, 0.3) is 5.69 Å². The quantitative estimate of drug-likeness (QED) is 0.428. The average molecular weight is 251 g/mol. The van der Waals surface area contributed by atoms with Gasteiger partial charge in [-0.15, -0.1) is 0 Å². The number of nitrogens with one attached hydrogen (secondary N) is 2. The Hall–Kier alpha value is -1.89. The highest BCUT2D eigenvalue weighted by Gasteiger charge is 2.24. The molecule has 0 amide bonds. The molecule has 1 aromatic rings. The molecule has 0 bridgehead atoms. The van der Waals surface area contributed by atoms with Gasteiger partial charge in [0, 0.05) is 6.04 Å². The second-order valence-corrected chi connectivity index (χ2v) is 4.66. The van der Waals surface area contributed by atoms with Gasteiger partial charge < -0.3 is 10.7 Å². The summed E-state index contributed by atoms with van der Waals surface area (Å²) in [5.41, 5.74) is 2.32. The number of nitrogens with two attached hydrogens (primary N) is 1. The van der Waals surface area contributed by atoms with E-state index in [0.29, 0.717) is 17.8 Å². The van der Waals surface area contributed by atoms with Crippen LogP contribution in [0.4, 0.5) is 17.3 Å². The minimum absolute atomic E-state index is 0.0221. The first-order chi connectivity index (χ1) is 8.60. The van der Waals surface area contributed by atoms with E-state index in [1.165, 1.54) is 25.0 Å². The summed E-state index contributed by atoms with van der Waals surface area (Å²) in [6.07, 6.45) is 3.42. The molecular weight excluding hydrogens is 234 g/mol. The maximum Gasteiger partial charge on any atom is 0.276 e. The number of nitro groups is 1. The molecular formula is C11H17N5O2. The molecule has 0 radical (unpaired) electrons. The molecule has 18 heavy (non-hydrogen) atoms. The van der Waals surface area contributed by atoms with E-state index >= 15 is 0 Å². The van der Waals surface area contributed by atoms with Gasteiger partial charge in [-0.1, -0.05) is 13.3 Å². The highest BCUT2D eigenvalue weighted by Crippen LogP contribution is 2.29. The van der Waals surface area contributed by atoms with E-state index < -0.39 is 4.92 Å². The summed E-state index contributed by atoms with van der Waals surface area (Å²) < 4.78 is 0. The number of pyridine rings is 1. The third-order valence-electron chi connectivity index (χ3n) is 3.36. The molecule has 98 valence electrons. The van der Waals surface area contributed by atoms with Crippen molar-refractivity contribution < 1.29 is 4.92 Å². The number of hydrogen-bond donors (Lipinski definition) is 3. The van der Waals surface area contributed by atoms with Crippen LogP contribution >= 0.6 is 0 Å². The van der Waals surface area contributed by atoms with Gasteiger partial charge in [0.05, 0.1) is 17.1 Å². The molecule has 1 fully saturated rings. The molecule has 4 N–H and O–H groups in total. The molecule has 2 atom stereocenters. The van der Waals surface area contributed by atoms with Crippen LogP contribution < -0.4 is 16.6 Å². The Bertz CT molecular complexity index is 451. The molecule has 1 aromatic heterocycles. The number of rotatable bonds is 4. The Morgan fingerprint density at radius 1 is 1.44 bits per heavy atom. The number of aromatic nitrogens is 1. The zero-order valence-electron chi connectivity index (χ0n) is 10.2. The molecule has 1 saturated carbocycles. The van der Waals surface area contributed by atoms with Crippen molar-refractivity contribution in [2.75, 3.05) is 10.7 Å². The molecule has 0 aliphatic heterocycles. The first-order valence-electron chi connectivity index (χ1n) is 6.00. The largest absolute Gasteiger partial charge is 0.367 e. The Labute approximate surface area is 105 Å². The topological polar surface area (TPSA) is 106 Å². The van der Waals surface area contributed by atoms with Crippen LogP contribution in [0.3, 0.4) is 0 Å². The fourth-order valence-corrected chi connectivity index (χ4v) is 2.32. The fourth-order valence-electron chi connectivity index (χ4n) is 2.32. The maximum absolute atomic E-state index is 10.8. The number of nitrogens with zero attached hydrogens (tertiary/aromatic N) is 2. The number of hydrogen-bond acceptors (Lipinski definition) is 6. The summed E-state index contributed by atoms with van der Waals surface area (Å²) >= 11 is 0. The van der Waals surface area contributed by atoms with Gasteiger partial charge in [0.2, 0.25) is 0 Å². The van der Waals surface area contributed by atoms with Gasteiger partial charge in [0.1, 0.15) is 11.6 Å². The van der Waals surface area contributed by atoms with Crippen molar-refractivity contribution in [3.63, 3.8) is 0 Å². The lowest BCUT2D eigenvalue weighted by Gasteiger charge is -2.18. The van der Waals surface area contributed by atoms with E-state index in [0.717, 1.165) is 6.42 Å². The van der Waals surface area contributed by atoms with Crippen molar-refractivity contribution in [3.8, 4) is 0 Å². The van der Waals surface area contributed by atoms with Gasteiger partial charge in [0.15, 0.2) is 0 Å². The highest BCUT2D eigenvalue weighted by molar-refractivity contribution is 5.54. The number of hydrazine groups is 1. The second-order valence-electron chi connectivity index (χ2n) is 4.66. The molecule has 1 heterocycles. The number of anilines is 2. The first-order valence-corrected chi connectivity index (χ1v) is 6.00. The summed E-state index contributed by atoms with van der Waals surface area (Å²) in [6.45, 7) is 2.17. The molecule has 7 heteroatoms. The van der Waals surface area contributed by atoms with Crippen molar-refractivity contribution in [2.24, 2.45) is 11.8 Å². The van der Waals surface area contributed by atoms with E-state index in [9.17, 15) is 10.1 Å². The van der Waals surface area contributed by atoms with Crippen LogP contribution in [0.2, 0.25) is 0 Å². The lowest BCUT2D eigenvalue weighted by molar-refractivity contribution is -0.384. The molecule has 2 unspecified atom stereocenters. The molecule has 1 aliphatic carbocycles. The molecule has 0 saturated heterocycles. The predicted molar refractivity (Wildman–Crippen MR) is 69.1 cm³/mol. The average Bonchev–Trinajstić information content (AvgIpc) is 2.74. The summed E-state index contributed by atoms with van der Waals surface area (Å²) in [7, 11) is 0. The van der Waals surface area contributed by atoms with Gasteiger partial charge >= 0.3 is 0 Å². The monoisotopic (exact) mass is 251 g/mol. The Morgan fingerprint density at radius 2 is 2.17 bits per heavy atom. The Kier molecular flexibility index (Phi) is 3.61. The highest BCUT2D eigenvalue weighted by atomic mass is 16.6. The van der Waals surface area contributed by atoms with Gasteiger partial charge in [-0.3, -0.25) is 10.1 Å². The van der Waals surface area contributed by atoms with Crippen molar-refractivity contribution >= 4 is 17.3 Å². The summed E-state index contributed by atoms with van der Waals surface area (Å²) in [5.74, 6) is 6.60. The van der Waals surface area contributed by atoms with Crippen LogP contribution in [0, 0.1) is 16.0 Å². The molecule has 0 spiro atoms. The van der Waals surface area contributed by atoms with E-state index in [1.807, 2.05) is 0 Å². The van der Waals surface area contributed by atoms with E-state index in [1.54, 1.807) is 0 Å². The second kappa shape index (κ2) is 5.18. The van der Waals surface area contributed by atoms with Crippen molar-refractivity contribution in [1.82, 2.24) is 4.98 Å². The molecule has 7 nitrogen and oxygen atoms in total. The molecule has 2 rings (SSSR count). The van der Waals surface area contributed by atoms with Gasteiger partial charge in [-0.05, 0) is 18.8 Å². The summed E-state index contributed by atoms with van der Waals surface area (Å²) in [4.78, 5) is 14.5. The normalized spacial score (nSPS) is 22.8. The van der Waals surface area contributed by atoms with Crippen LogP contribution in [-0.2, 0) is 0 Å². The third-order valence-corrected chi connectivity index (χ3v) is 3.36. The summed E-state index contributed by atoms with van der Waals surface area (Å²) in [5, 5.41) is 14.1. The van der Waals surface area contributed by atoms with Crippen LogP contribution in [0.15, 0.2) is 12.1 Å². The van der Waals surface area contributed by atoms with Crippen molar-refractivity contribution in [1.29, 1.82) is 0 Å². The maximum atomic E-state index is 10.8. The molecule has 1 aliphatic rings. The smallest absolute Gasteiger partial charge is 0.276 e. The Morgan fingerprint density at radius 3 is 2.72 bits per heavy atom. The lowest BCUT2D eigenvalue weighted by atomic mass is 10.1. The zero-order valence-corrected chi connectivity index (χ0v) is 10.2. The Balaban J connectivity index is 2.21. The van der Waals surface area contributed by atoms with E-state index in [-0.39, 0.29) is 11.5 Å². The van der Waals surface area contributed by atoms with Crippen molar-refractivity contribution in [2.45, 2.75) is 32.2 Å². The number of nitrogen functional groups attached to an aromatic ring is 1. The minimum Gasteiger partial charge on any atom is -0.367 e. The van der Waals surface area contributed by atoms with Crippen molar-refractivity contribution in [3.05, 3.63) is 22.2 Å². The van der Waals surface area contributed by atoms with Crippen LogP contribution in [-0.4, -0.2) is 15.9 Å². The predicted octanol–water partition coefficient (Wildman–Crippen LogP) is 1.88. The zero-order chi connectivity index (χ0) is 13.1. The van der Waals surface area contributed by atoms with E-state index in [2.05, 4.69) is 22.7 Å². The fraction of sp³-hybridized carbons (Fsp3) is 0.545. The standard InChI is InChI=1S/C11H17N5O2/c1-7-3-2-4-9(7)13-10-5-8(16(17)18)6-11(14-10)15-12/h5-7,9H,2-4,12H2,1H3,(H2,13,14,15). The minimum atomic E-state index is -0.453. The van der Waals surface area contributed by atoms with Crippen LogP contribution in [0.1, 0.15) is 26.2 Å². The van der Waals surface area contributed by atoms with Crippen LogP contribution in [0.5, 0.6) is 0 Å².